The molecule has 24 heavy (non-hydrogen) atoms. The SMILES string of the molecule is COc1cccc(Nc2nc(N)c(C(=O)c3ccc(Cl)cc3)s2)c1. The fourth-order valence-electron chi connectivity index (χ4n) is 2.10. The second kappa shape index (κ2) is 6.90. The number of hydrogen-bond acceptors (Lipinski definition) is 6. The Bertz CT molecular complexity index is 878. The summed E-state index contributed by atoms with van der Waals surface area (Å²) in [6, 6.07) is 14.1. The smallest absolute Gasteiger partial charge is 0.206 e. The number of halogens is 1. The first kappa shape index (κ1) is 16.3. The molecular formula is C17H14ClN3O2S. The largest absolute Gasteiger partial charge is 0.497 e. The van der Waals surface area contributed by atoms with Gasteiger partial charge in [0.05, 0.1) is 7.11 Å². The molecule has 1 aromatic heterocycles. The van der Waals surface area contributed by atoms with Crippen LogP contribution in [0.5, 0.6) is 5.75 Å². The van der Waals surface area contributed by atoms with Crippen molar-refractivity contribution < 1.29 is 9.53 Å². The van der Waals surface area contributed by atoms with Gasteiger partial charge in [0, 0.05) is 22.3 Å². The number of ether oxygens (including phenoxy) is 1. The number of nitrogens with one attached hydrogen (secondary N) is 1. The molecule has 3 rings (SSSR count). The Balaban J connectivity index is 1.84. The topological polar surface area (TPSA) is 77.2 Å². The zero-order valence-corrected chi connectivity index (χ0v) is 14.3. The van der Waals surface area contributed by atoms with Gasteiger partial charge in [0.1, 0.15) is 16.4 Å². The average molecular weight is 360 g/mol. The maximum absolute atomic E-state index is 12.5. The molecule has 0 amide bonds. The van der Waals surface area contributed by atoms with Crippen molar-refractivity contribution in [2.24, 2.45) is 0 Å². The van der Waals surface area contributed by atoms with Crippen LogP contribution in [0.15, 0.2) is 48.5 Å². The molecule has 0 atom stereocenters. The van der Waals surface area contributed by atoms with Crippen molar-refractivity contribution in [3.63, 3.8) is 0 Å². The van der Waals surface area contributed by atoms with E-state index in [9.17, 15) is 4.79 Å². The van der Waals surface area contributed by atoms with Crippen LogP contribution in [-0.2, 0) is 0 Å². The monoisotopic (exact) mass is 359 g/mol. The normalized spacial score (nSPS) is 10.4. The highest BCUT2D eigenvalue weighted by Crippen LogP contribution is 2.30. The van der Waals surface area contributed by atoms with Gasteiger partial charge >= 0.3 is 0 Å². The van der Waals surface area contributed by atoms with E-state index in [1.165, 1.54) is 11.3 Å². The third kappa shape index (κ3) is 3.50. The van der Waals surface area contributed by atoms with Gasteiger partial charge in [-0.1, -0.05) is 29.0 Å². The van der Waals surface area contributed by atoms with Gasteiger partial charge in [-0.05, 0) is 36.4 Å². The number of ketones is 1. The summed E-state index contributed by atoms with van der Waals surface area (Å²) < 4.78 is 5.18. The second-order valence-electron chi connectivity index (χ2n) is 4.93. The molecule has 0 aliphatic rings. The molecule has 7 heteroatoms. The fourth-order valence-corrected chi connectivity index (χ4v) is 3.10. The molecule has 0 fully saturated rings. The third-order valence-corrected chi connectivity index (χ3v) is 4.52. The number of anilines is 3. The van der Waals surface area contributed by atoms with Crippen LogP contribution in [0, 0.1) is 0 Å². The number of benzene rings is 2. The van der Waals surface area contributed by atoms with E-state index in [1.807, 2.05) is 24.3 Å². The molecular weight excluding hydrogens is 346 g/mol. The molecule has 0 unspecified atom stereocenters. The van der Waals surface area contributed by atoms with Crippen LogP contribution in [-0.4, -0.2) is 17.9 Å². The molecule has 0 aliphatic carbocycles. The number of aromatic nitrogens is 1. The van der Waals surface area contributed by atoms with Gasteiger partial charge in [0.25, 0.3) is 0 Å². The standard InChI is InChI=1S/C17H14ClN3O2S/c1-23-13-4-2-3-12(9-13)20-17-21-16(19)15(24-17)14(22)10-5-7-11(18)8-6-10/h2-9H,19H2,1H3,(H,20,21). The molecule has 122 valence electrons. The number of rotatable bonds is 5. The molecule has 2 aromatic carbocycles. The number of nitrogens with two attached hydrogens (primary N) is 1. The van der Waals surface area contributed by atoms with E-state index in [1.54, 1.807) is 31.4 Å². The molecule has 0 radical (unpaired) electrons. The first-order valence-corrected chi connectivity index (χ1v) is 8.24. The van der Waals surface area contributed by atoms with Crippen LogP contribution in [0.4, 0.5) is 16.6 Å². The van der Waals surface area contributed by atoms with Gasteiger partial charge in [-0.2, -0.15) is 0 Å². The fraction of sp³-hybridized carbons (Fsp3) is 0.0588. The summed E-state index contributed by atoms with van der Waals surface area (Å²) in [5.41, 5.74) is 7.22. The van der Waals surface area contributed by atoms with Crippen molar-refractivity contribution in [1.29, 1.82) is 0 Å². The quantitative estimate of drug-likeness (QED) is 0.662. The van der Waals surface area contributed by atoms with E-state index in [-0.39, 0.29) is 11.6 Å². The molecule has 0 spiro atoms. The highest BCUT2D eigenvalue weighted by atomic mass is 35.5. The van der Waals surface area contributed by atoms with E-state index < -0.39 is 0 Å². The molecule has 0 bridgehead atoms. The molecule has 5 nitrogen and oxygen atoms in total. The molecule has 3 aromatic rings. The molecule has 1 heterocycles. The van der Waals surface area contributed by atoms with Gasteiger partial charge in [-0.15, -0.1) is 0 Å². The lowest BCUT2D eigenvalue weighted by molar-refractivity contribution is 0.104. The van der Waals surface area contributed by atoms with E-state index >= 15 is 0 Å². The Morgan fingerprint density at radius 2 is 2.00 bits per heavy atom. The van der Waals surface area contributed by atoms with Crippen LogP contribution < -0.4 is 15.8 Å². The summed E-state index contributed by atoms with van der Waals surface area (Å²) in [4.78, 5) is 17.2. The molecule has 0 saturated heterocycles. The van der Waals surface area contributed by atoms with Crippen molar-refractivity contribution in [2.75, 3.05) is 18.2 Å². The zero-order chi connectivity index (χ0) is 17.1. The first-order valence-electron chi connectivity index (χ1n) is 7.04. The third-order valence-electron chi connectivity index (χ3n) is 3.29. The number of thiazole rings is 1. The number of nitrogen functional groups attached to an aromatic ring is 1. The van der Waals surface area contributed by atoms with Crippen LogP contribution in [0.25, 0.3) is 0 Å². The van der Waals surface area contributed by atoms with Crippen molar-refractivity contribution in [1.82, 2.24) is 4.98 Å². The Hall–Kier alpha value is -2.57. The minimum absolute atomic E-state index is 0.180. The summed E-state index contributed by atoms with van der Waals surface area (Å²) in [6.45, 7) is 0. The molecule has 3 N–H and O–H groups in total. The maximum atomic E-state index is 12.5. The zero-order valence-electron chi connectivity index (χ0n) is 12.7. The number of carbonyl (C=O) groups is 1. The summed E-state index contributed by atoms with van der Waals surface area (Å²) in [6.07, 6.45) is 0. The summed E-state index contributed by atoms with van der Waals surface area (Å²) >= 11 is 7.05. The van der Waals surface area contributed by atoms with E-state index in [4.69, 9.17) is 22.1 Å². The van der Waals surface area contributed by atoms with Crippen LogP contribution in [0.2, 0.25) is 5.02 Å². The van der Waals surface area contributed by atoms with Gasteiger partial charge < -0.3 is 15.8 Å². The Kier molecular flexibility index (Phi) is 4.69. The Labute approximate surface area is 148 Å². The predicted molar refractivity (Wildman–Crippen MR) is 97.7 cm³/mol. The minimum atomic E-state index is -0.180. The Morgan fingerprint density at radius 3 is 2.71 bits per heavy atom. The maximum Gasteiger partial charge on any atom is 0.206 e. The van der Waals surface area contributed by atoms with E-state index in [0.29, 0.717) is 20.6 Å². The van der Waals surface area contributed by atoms with Crippen LogP contribution in [0.3, 0.4) is 0 Å². The highest BCUT2D eigenvalue weighted by molar-refractivity contribution is 7.18. The lowest BCUT2D eigenvalue weighted by Gasteiger charge is -2.04. The lowest BCUT2D eigenvalue weighted by Crippen LogP contribution is -2.02. The van der Waals surface area contributed by atoms with Gasteiger partial charge in [0.15, 0.2) is 5.13 Å². The number of nitrogens with zero attached hydrogens (tertiary/aromatic N) is 1. The number of methoxy groups -OCH3 is 1. The van der Waals surface area contributed by atoms with Crippen molar-refractivity contribution in [3.05, 3.63) is 64.0 Å². The summed E-state index contributed by atoms with van der Waals surface area (Å²) in [7, 11) is 1.60. The average Bonchev–Trinajstić information content (AvgIpc) is 2.95. The van der Waals surface area contributed by atoms with Crippen molar-refractivity contribution in [2.45, 2.75) is 0 Å². The van der Waals surface area contributed by atoms with Crippen molar-refractivity contribution >= 4 is 45.4 Å². The van der Waals surface area contributed by atoms with E-state index in [2.05, 4.69) is 10.3 Å². The predicted octanol–water partition coefficient (Wildman–Crippen LogP) is 4.36. The molecule has 0 saturated carbocycles. The second-order valence-corrected chi connectivity index (χ2v) is 6.36. The van der Waals surface area contributed by atoms with Gasteiger partial charge in [-0.3, -0.25) is 4.79 Å². The van der Waals surface area contributed by atoms with Gasteiger partial charge in [0.2, 0.25) is 5.78 Å². The van der Waals surface area contributed by atoms with Crippen LogP contribution >= 0.6 is 22.9 Å². The molecule has 0 aliphatic heterocycles. The van der Waals surface area contributed by atoms with Crippen LogP contribution in [0.1, 0.15) is 15.2 Å². The van der Waals surface area contributed by atoms with E-state index in [0.717, 1.165) is 11.4 Å². The number of carbonyl (C=O) groups excluding carboxylic acids is 1. The lowest BCUT2D eigenvalue weighted by atomic mass is 10.1. The van der Waals surface area contributed by atoms with Gasteiger partial charge in [-0.25, -0.2) is 4.98 Å². The summed E-state index contributed by atoms with van der Waals surface area (Å²) in [5, 5.41) is 4.24. The first-order chi connectivity index (χ1) is 11.6. The highest BCUT2D eigenvalue weighted by Gasteiger charge is 2.18. The summed E-state index contributed by atoms with van der Waals surface area (Å²) in [5.74, 6) is 0.743. The minimum Gasteiger partial charge on any atom is -0.497 e. The van der Waals surface area contributed by atoms with Crippen molar-refractivity contribution in [3.8, 4) is 5.75 Å². The number of hydrogen-bond donors (Lipinski definition) is 2. The Morgan fingerprint density at radius 1 is 1.25 bits per heavy atom.